The van der Waals surface area contributed by atoms with E-state index in [-0.39, 0.29) is 5.92 Å². The van der Waals surface area contributed by atoms with E-state index in [2.05, 4.69) is 22.0 Å². The zero-order chi connectivity index (χ0) is 23.7. The van der Waals surface area contributed by atoms with Gasteiger partial charge in [-0.05, 0) is 34.9 Å². The first kappa shape index (κ1) is 21.7. The predicted octanol–water partition coefficient (Wildman–Crippen LogP) is 4.21. The number of fused-ring (bicyclic) bond motifs is 1. The van der Waals surface area contributed by atoms with Gasteiger partial charge in [0.05, 0.1) is 23.7 Å². The van der Waals surface area contributed by atoms with Crippen molar-refractivity contribution in [3.05, 3.63) is 83.7 Å². The molecule has 2 aromatic heterocycles. The van der Waals surface area contributed by atoms with Gasteiger partial charge in [-0.25, -0.2) is 4.98 Å². The maximum absolute atomic E-state index is 11.0. The van der Waals surface area contributed by atoms with Crippen LogP contribution in [0.1, 0.15) is 16.8 Å². The predicted molar refractivity (Wildman–Crippen MR) is 128 cm³/mol. The summed E-state index contributed by atoms with van der Waals surface area (Å²) in [5.74, 6) is -0.338. The Morgan fingerprint density at radius 2 is 1.97 bits per heavy atom. The minimum Gasteiger partial charge on any atom is -0.487 e. The number of pyridine rings is 1. The molecule has 7 heteroatoms. The van der Waals surface area contributed by atoms with Gasteiger partial charge in [0.25, 0.3) is 0 Å². The quantitative estimate of drug-likeness (QED) is 0.452. The average molecular weight is 453 g/mol. The zero-order valence-electron chi connectivity index (χ0n) is 18.8. The van der Waals surface area contributed by atoms with Crippen LogP contribution in [0.2, 0.25) is 0 Å². The number of aliphatic carboxylic acids is 1. The second-order valence-corrected chi connectivity index (χ2v) is 8.65. The molecule has 3 heterocycles. The van der Waals surface area contributed by atoms with Crippen LogP contribution in [0.5, 0.6) is 5.75 Å². The van der Waals surface area contributed by atoms with Crippen LogP contribution in [0.4, 0.5) is 0 Å². The van der Waals surface area contributed by atoms with Crippen molar-refractivity contribution in [2.24, 2.45) is 13.0 Å². The molecule has 0 spiro atoms. The number of carbonyl (C=O) groups is 1. The van der Waals surface area contributed by atoms with Crippen molar-refractivity contribution in [3.8, 4) is 22.9 Å². The summed E-state index contributed by atoms with van der Waals surface area (Å²) in [4.78, 5) is 17.7. The summed E-state index contributed by atoms with van der Waals surface area (Å²) in [6.07, 6.45) is 1.71. The Morgan fingerprint density at radius 3 is 2.71 bits per heavy atom. The fourth-order valence-electron chi connectivity index (χ4n) is 4.38. The molecule has 0 aliphatic carbocycles. The normalized spacial score (nSPS) is 14.0. The lowest BCUT2D eigenvalue weighted by Crippen LogP contribution is -2.49. The molecular weight excluding hydrogens is 428 g/mol. The highest BCUT2D eigenvalue weighted by molar-refractivity contribution is 5.79. The van der Waals surface area contributed by atoms with E-state index in [9.17, 15) is 10.1 Å². The smallest absolute Gasteiger partial charge is 0.309 e. The first-order valence-electron chi connectivity index (χ1n) is 11.1. The van der Waals surface area contributed by atoms with Gasteiger partial charge in [0.15, 0.2) is 0 Å². The largest absolute Gasteiger partial charge is 0.487 e. The van der Waals surface area contributed by atoms with Crippen LogP contribution >= 0.6 is 0 Å². The summed E-state index contributed by atoms with van der Waals surface area (Å²) in [6.45, 7) is 2.18. The molecule has 1 fully saturated rings. The average Bonchev–Trinajstić information content (AvgIpc) is 3.14. The minimum absolute atomic E-state index is 0.267. The molecule has 0 saturated carbocycles. The van der Waals surface area contributed by atoms with E-state index < -0.39 is 5.97 Å². The number of ether oxygens (including phenoxy) is 1. The molecule has 0 amide bonds. The second kappa shape index (κ2) is 9.00. The summed E-state index contributed by atoms with van der Waals surface area (Å²) >= 11 is 0. The number of nitriles is 1. The summed E-state index contributed by atoms with van der Waals surface area (Å²) in [5, 5.41) is 19.7. The number of benzene rings is 2. The van der Waals surface area contributed by atoms with Crippen LogP contribution < -0.4 is 4.74 Å². The molecule has 34 heavy (non-hydrogen) atoms. The van der Waals surface area contributed by atoms with Gasteiger partial charge in [-0.3, -0.25) is 9.69 Å². The first-order chi connectivity index (χ1) is 16.5. The standard InChI is InChI=1S/C27H24N4O3/c1-30-23(16-31-14-22(15-31)27(32)33)10-20-11-24(13-29-26(20)30)34-17-18-7-8-25(21(9-18)12-28)19-5-3-2-4-6-19/h2-11,13,22H,14-17H2,1H3,(H,32,33). The fourth-order valence-corrected chi connectivity index (χ4v) is 4.38. The highest BCUT2D eigenvalue weighted by Crippen LogP contribution is 2.27. The third-order valence-electron chi connectivity index (χ3n) is 6.33. The topological polar surface area (TPSA) is 91.4 Å². The van der Waals surface area contributed by atoms with Crippen molar-refractivity contribution in [1.82, 2.24) is 14.5 Å². The monoisotopic (exact) mass is 452 g/mol. The van der Waals surface area contributed by atoms with Crippen molar-refractivity contribution in [2.45, 2.75) is 13.2 Å². The van der Waals surface area contributed by atoms with Gasteiger partial charge in [-0.1, -0.05) is 42.5 Å². The Kier molecular flexibility index (Phi) is 5.74. The number of rotatable bonds is 7. The fraction of sp³-hybridized carbons (Fsp3) is 0.222. The molecule has 1 N–H and O–H groups in total. The van der Waals surface area contributed by atoms with Crippen LogP contribution in [0.3, 0.4) is 0 Å². The first-order valence-corrected chi connectivity index (χ1v) is 11.1. The molecule has 5 rings (SSSR count). The molecule has 4 aromatic rings. The maximum Gasteiger partial charge on any atom is 0.309 e. The van der Waals surface area contributed by atoms with Gasteiger partial charge in [0.2, 0.25) is 0 Å². The number of carboxylic acid groups (broad SMARTS) is 1. The van der Waals surface area contributed by atoms with E-state index in [0.29, 0.717) is 37.6 Å². The molecule has 0 bridgehead atoms. The Balaban J connectivity index is 1.28. The molecule has 0 radical (unpaired) electrons. The van der Waals surface area contributed by atoms with Crippen LogP contribution in [-0.4, -0.2) is 38.6 Å². The van der Waals surface area contributed by atoms with Crippen LogP contribution in [-0.2, 0) is 25.0 Å². The zero-order valence-corrected chi connectivity index (χ0v) is 18.8. The summed E-state index contributed by atoms with van der Waals surface area (Å²) in [6, 6.07) is 22.0. The molecule has 0 unspecified atom stereocenters. The Labute approximate surface area is 197 Å². The summed E-state index contributed by atoms with van der Waals surface area (Å²) in [7, 11) is 1.97. The minimum atomic E-state index is -0.728. The molecule has 1 aliphatic rings. The van der Waals surface area contributed by atoms with E-state index in [1.54, 1.807) is 6.20 Å². The van der Waals surface area contributed by atoms with E-state index in [1.807, 2.05) is 66.2 Å². The van der Waals surface area contributed by atoms with Crippen molar-refractivity contribution in [2.75, 3.05) is 13.1 Å². The lowest BCUT2D eigenvalue weighted by molar-refractivity contribution is -0.147. The lowest BCUT2D eigenvalue weighted by Gasteiger charge is -2.36. The van der Waals surface area contributed by atoms with Gasteiger partial charge < -0.3 is 14.4 Å². The third kappa shape index (κ3) is 4.24. The molecule has 2 aromatic carbocycles. The Hall–Kier alpha value is -4.15. The lowest BCUT2D eigenvalue weighted by atomic mass is 9.98. The van der Waals surface area contributed by atoms with Crippen molar-refractivity contribution in [1.29, 1.82) is 5.26 Å². The Morgan fingerprint density at radius 1 is 1.18 bits per heavy atom. The summed E-state index contributed by atoms with van der Waals surface area (Å²) in [5.41, 5.74) is 5.39. The number of hydrogen-bond acceptors (Lipinski definition) is 5. The molecular formula is C27H24N4O3. The van der Waals surface area contributed by atoms with Gasteiger partial charge in [0.1, 0.15) is 18.0 Å². The van der Waals surface area contributed by atoms with E-state index in [4.69, 9.17) is 9.84 Å². The number of aryl methyl sites for hydroxylation is 1. The van der Waals surface area contributed by atoms with Crippen molar-refractivity contribution in [3.63, 3.8) is 0 Å². The van der Waals surface area contributed by atoms with Gasteiger partial charge in [-0.2, -0.15) is 5.26 Å². The SMILES string of the molecule is Cn1c(CN2CC(C(=O)O)C2)cc2cc(OCc3ccc(-c4ccccc4)c(C#N)c3)cnc21. The molecule has 7 nitrogen and oxygen atoms in total. The summed E-state index contributed by atoms with van der Waals surface area (Å²) < 4.78 is 8.03. The van der Waals surface area contributed by atoms with Crippen LogP contribution in [0, 0.1) is 17.2 Å². The number of likely N-dealkylation sites (tertiary alicyclic amines) is 1. The third-order valence-corrected chi connectivity index (χ3v) is 6.33. The highest BCUT2D eigenvalue weighted by atomic mass is 16.5. The maximum atomic E-state index is 11.0. The Bertz CT molecular complexity index is 1400. The number of nitrogens with zero attached hydrogens (tertiary/aromatic N) is 4. The van der Waals surface area contributed by atoms with Gasteiger partial charge >= 0.3 is 5.97 Å². The van der Waals surface area contributed by atoms with E-state index in [0.717, 1.165) is 33.4 Å². The number of aromatic nitrogens is 2. The molecule has 170 valence electrons. The molecule has 1 aliphatic heterocycles. The van der Waals surface area contributed by atoms with Crippen LogP contribution in [0.15, 0.2) is 66.9 Å². The molecule has 0 atom stereocenters. The van der Waals surface area contributed by atoms with E-state index >= 15 is 0 Å². The second-order valence-electron chi connectivity index (χ2n) is 8.65. The van der Waals surface area contributed by atoms with E-state index in [1.165, 1.54) is 0 Å². The van der Waals surface area contributed by atoms with Gasteiger partial charge in [-0.15, -0.1) is 0 Å². The number of carboxylic acids is 1. The van der Waals surface area contributed by atoms with Gasteiger partial charge in [0, 0.05) is 37.8 Å². The molecule has 1 saturated heterocycles. The van der Waals surface area contributed by atoms with Crippen LogP contribution in [0.25, 0.3) is 22.2 Å². The van der Waals surface area contributed by atoms with Crippen molar-refractivity contribution < 1.29 is 14.6 Å². The number of hydrogen-bond donors (Lipinski definition) is 1. The van der Waals surface area contributed by atoms with Crippen molar-refractivity contribution >= 4 is 17.0 Å². The highest BCUT2D eigenvalue weighted by Gasteiger charge is 2.32.